The molecule has 0 unspecified atom stereocenters. The summed E-state index contributed by atoms with van der Waals surface area (Å²) in [5, 5.41) is 1.99. The van der Waals surface area contributed by atoms with Gasteiger partial charge in [-0.05, 0) is 75.8 Å². The van der Waals surface area contributed by atoms with E-state index in [9.17, 15) is 0 Å². The van der Waals surface area contributed by atoms with E-state index >= 15 is 0 Å². The zero-order valence-corrected chi connectivity index (χ0v) is 30.2. The molecule has 0 N–H and O–H groups in total. The fraction of sp³-hybridized carbons (Fsp3) is 0. The molecule has 0 saturated heterocycles. The largest absolute Gasteiger partial charge is 0.264 e. The maximum atomic E-state index is 5.10. The van der Waals surface area contributed by atoms with E-state index in [4.69, 9.17) is 19.9 Å². The van der Waals surface area contributed by atoms with Crippen molar-refractivity contribution < 1.29 is 0 Å². The molecule has 0 radical (unpaired) electrons. The van der Waals surface area contributed by atoms with Crippen molar-refractivity contribution in [1.82, 2.24) is 29.9 Å². The minimum atomic E-state index is 0.602. The summed E-state index contributed by atoms with van der Waals surface area (Å²) in [6.07, 6.45) is 5.48. The van der Waals surface area contributed by atoms with Gasteiger partial charge >= 0.3 is 0 Å². The second-order valence-corrected chi connectivity index (χ2v) is 13.6. The zero-order valence-electron chi connectivity index (χ0n) is 30.2. The summed E-state index contributed by atoms with van der Waals surface area (Å²) >= 11 is 0. The van der Waals surface area contributed by atoms with Gasteiger partial charge in [0.05, 0.1) is 16.7 Å². The molecule has 10 aromatic rings. The van der Waals surface area contributed by atoms with Crippen LogP contribution < -0.4 is 0 Å². The number of hydrogen-bond donors (Lipinski definition) is 0. The molecule has 6 heteroatoms. The van der Waals surface area contributed by atoms with Gasteiger partial charge < -0.3 is 0 Å². The molecule has 0 aliphatic heterocycles. The third-order valence-electron chi connectivity index (χ3n) is 10.0. The quantitative estimate of drug-likeness (QED) is 0.153. The van der Waals surface area contributed by atoms with Crippen LogP contribution in [0.4, 0.5) is 0 Å². The molecule has 6 aromatic carbocycles. The summed E-state index contributed by atoms with van der Waals surface area (Å²) in [6.45, 7) is 0. The van der Waals surface area contributed by atoms with Crippen LogP contribution in [0.25, 0.3) is 101 Å². The molecule has 0 atom stereocenters. The van der Waals surface area contributed by atoms with Crippen molar-refractivity contribution in [2.45, 2.75) is 0 Å². The lowest BCUT2D eigenvalue weighted by molar-refractivity contribution is 1.07. The van der Waals surface area contributed by atoms with E-state index in [1.807, 2.05) is 97.3 Å². The third-order valence-corrected chi connectivity index (χ3v) is 10.0. The van der Waals surface area contributed by atoms with E-state index in [0.29, 0.717) is 17.5 Å². The molecule has 0 bridgehead atoms. The second-order valence-electron chi connectivity index (χ2n) is 13.6. The lowest BCUT2D eigenvalue weighted by atomic mass is 9.93. The molecule has 4 heterocycles. The number of fused-ring (bicyclic) bond motifs is 3. The Morgan fingerprint density at radius 2 is 0.804 bits per heavy atom. The maximum Gasteiger partial charge on any atom is 0.164 e. The lowest BCUT2D eigenvalue weighted by Crippen LogP contribution is -2.00. The van der Waals surface area contributed by atoms with Gasteiger partial charge in [-0.3, -0.25) is 9.97 Å². The lowest BCUT2D eigenvalue weighted by Gasteiger charge is -2.14. The van der Waals surface area contributed by atoms with Gasteiger partial charge in [0, 0.05) is 51.6 Å². The van der Waals surface area contributed by atoms with E-state index in [1.165, 1.54) is 5.56 Å². The number of hydrogen-bond acceptors (Lipinski definition) is 6. The summed E-state index contributed by atoms with van der Waals surface area (Å²) < 4.78 is 0. The summed E-state index contributed by atoms with van der Waals surface area (Å²) in [5.74, 6) is 1.85. The molecule has 10 rings (SSSR count). The summed E-state index contributed by atoms with van der Waals surface area (Å²) in [5.41, 5.74) is 12.9. The Hall–Kier alpha value is -7.70. The van der Waals surface area contributed by atoms with Crippen LogP contribution in [-0.2, 0) is 0 Å². The minimum Gasteiger partial charge on any atom is -0.264 e. The SMILES string of the molecule is c1ccc(-c2cccc(-c3cc(-c4ccc(-c5nc6cccnc6c6cnccc56)cc4)cc(-c4nc(-c5ccccc5)nc(-c5ccccc5)n4)c3)c2)cc1. The van der Waals surface area contributed by atoms with Crippen LogP contribution in [0.5, 0.6) is 0 Å². The molecule has 0 saturated carbocycles. The molecular formula is C50H32N6. The summed E-state index contributed by atoms with van der Waals surface area (Å²) in [4.78, 5) is 29.2. The molecule has 0 amide bonds. The highest BCUT2D eigenvalue weighted by molar-refractivity contribution is 6.08. The highest BCUT2D eigenvalue weighted by Gasteiger charge is 2.16. The van der Waals surface area contributed by atoms with Gasteiger partial charge in [-0.1, -0.05) is 133 Å². The van der Waals surface area contributed by atoms with Crippen LogP contribution in [0.1, 0.15) is 0 Å². The standard InChI is InChI=1S/C50H32N6/c1-4-12-33(13-5-1)38-18-10-19-39(28-38)41-29-40(34-21-23-35(24-22-34)46-43-25-27-51-32-44(43)47-45(53-46)20-11-26-52-47)30-42(31-41)50-55-48(36-14-6-2-7-15-36)54-49(56-50)37-16-8-3-9-17-37/h1-32H. The van der Waals surface area contributed by atoms with Crippen LogP contribution in [0.2, 0.25) is 0 Å². The number of benzene rings is 6. The van der Waals surface area contributed by atoms with Crippen LogP contribution in [0, 0.1) is 0 Å². The molecule has 0 aliphatic carbocycles. The predicted octanol–water partition coefficient (Wildman–Crippen LogP) is 12.0. The first-order valence-corrected chi connectivity index (χ1v) is 18.5. The van der Waals surface area contributed by atoms with Crippen LogP contribution in [0.15, 0.2) is 195 Å². The van der Waals surface area contributed by atoms with Gasteiger partial charge in [0.1, 0.15) is 0 Å². The topological polar surface area (TPSA) is 77.3 Å². The molecule has 262 valence electrons. The molecule has 56 heavy (non-hydrogen) atoms. The third kappa shape index (κ3) is 6.35. The zero-order chi connectivity index (χ0) is 37.3. The first-order valence-electron chi connectivity index (χ1n) is 18.5. The van der Waals surface area contributed by atoms with E-state index in [1.54, 1.807) is 6.20 Å². The van der Waals surface area contributed by atoms with Crippen LogP contribution in [0.3, 0.4) is 0 Å². The Morgan fingerprint density at radius 1 is 0.304 bits per heavy atom. The number of rotatable bonds is 7. The fourth-order valence-corrected chi connectivity index (χ4v) is 7.24. The van der Waals surface area contributed by atoms with E-state index in [2.05, 4.69) is 101 Å². The molecule has 6 nitrogen and oxygen atoms in total. The van der Waals surface area contributed by atoms with E-state index < -0.39 is 0 Å². The number of nitrogens with zero attached hydrogens (tertiary/aromatic N) is 6. The van der Waals surface area contributed by atoms with E-state index in [0.717, 1.165) is 77.6 Å². The average Bonchev–Trinajstić information content (AvgIpc) is 3.29. The highest BCUT2D eigenvalue weighted by atomic mass is 15.0. The van der Waals surface area contributed by atoms with Gasteiger partial charge in [0.25, 0.3) is 0 Å². The predicted molar refractivity (Wildman–Crippen MR) is 226 cm³/mol. The smallest absolute Gasteiger partial charge is 0.164 e. The summed E-state index contributed by atoms with van der Waals surface area (Å²) in [7, 11) is 0. The maximum absolute atomic E-state index is 5.10. The first-order chi connectivity index (χ1) is 27.7. The van der Waals surface area contributed by atoms with Crippen molar-refractivity contribution in [1.29, 1.82) is 0 Å². The van der Waals surface area contributed by atoms with Crippen LogP contribution in [-0.4, -0.2) is 29.9 Å². The van der Waals surface area contributed by atoms with Crippen molar-refractivity contribution >= 4 is 21.8 Å². The Morgan fingerprint density at radius 3 is 1.46 bits per heavy atom. The summed E-state index contributed by atoms with van der Waals surface area (Å²) in [6, 6.07) is 60.5. The Bertz CT molecular complexity index is 2950. The van der Waals surface area contributed by atoms with Gasteiger partial charge in [-0.15, -0.1) is 0 Å². The molecular weight excluding hydrogens is 685 g/mol. The van der Waals surface area contributed by atoms with Crippen molar-refractivity contribution in [2.24, 2.45) is 0 Å². The van der Waals surface area contributed by atoms with Crippen LogP contribution >= 0.6 is 0 Å². The normalized spacial score (nSPS) is 11.2. The van der Waals surface area contributed by atoms with Crippen molar-refractivity contribution in [3.63, 3.8) is 0 Å². The minimum absolute atomic E-state index is 0.602. The average molecular weight is 717 g/mol. The molecule has 4 aromatic heterocycles. The Kier molecular flexibility index (Phi) is 8.39. The molecule has 0 aliphatic rings. The Labute approximate surface area is 324 Å². The second kappa shape index (κ2) is 14.3. The Balaban J connectivity index is 1.14. The van der Waals surface area contributed by atoms with E-state index in [-0.39, 0.29) is 0 Å². The van der Waals surface area contributed by atoms with Gasteiger partial charge in [-0.25, -0.2) is 19.9 Å². The highest BCUT2D eigenvalue weighted by Crippen LogP contribution is 2.37. The molecule has 0 spiro atoms. The van der Waals surface area contributed by atoms with Gasteiger partial charge in [0.2, 0.25) is 0 Å². The van der Waals surface area contributed by atoms with Gasteiger partial charge in [0.15, 0.2) is 17.5 Å². The molecule has 0 fully saturated rings. The van der Waals surface area contributed by atoms with Gasteiger partial charge in [-0.2, -0.15) is 0 Å². The number of aromatic nitrogens is 6. The monoisotopic (exact) mass is 716 g/mol. The first kappa shape index (κ1) is 32.9. The van der Waals surface area contributed by atoms with Crippen molar-refractivity contribution in [3.05, 3.63) is 195 Å². The van der Waals surface area contributed by atoms with Crippen molar-refractivity contribution in [2.75, 3.05) is 0 Å². The van der Waals surface area contributed by atoms with Crippen molar-refractivity contribution in [3.8, 4) is 78.8 Å². The fourth-order valence-electron chi connectivity index (χ4n) is 7.24. The number of pyridine rings is 3.